The van der Waals surface area contributed by atoms with Gasteiger partial charge in [-0.05, 0) is 31.2 Å². The van der Waals surface area contributed by atoms with Gasteiger partial charge in [-0.15, -0.1) is 5.10 Å². The first kappa shape index (κ1) is 21.9. The smallest absolute Gasteiger partial charge is 0.251 e. The fourth-order valence-corrected chi connectivity index (χ4v) is 3.82. The van der Waals surface area contributed by atoms with Crippen LogP contribution in [-0.2, 0) is 4.74 Å². The van der Waals surface area contributed by atoms with E-state index in [0.717, 1.165) is 17.3 Å². The Hall–Kier alpha value is -3.92. The van der Waals surface area contributed by atoms with Gasteiger partial charge in [0.15, 0.2) is 17.3 Å². The van der Waals surface area contributed by atoms with Crippen molar-refractivity contribution in [3.8, 4) is 28.3 Å². The number of nitrogens with one attached hydrogen (secondary N) is 1. The average molecular weight is 465 g/mol. The zero-order valence-corrected chi connectivity index (χ0v) is 18.5. The van der Waals surface area contributed by atoms with Crippen molar-refractivity contribution in [1.82, 2.24) is 24.9 Å². The number of aryl methyl sites for hydroxylation is 1. The Morgan fingerprint density at radius 2 is 2.03 bits per heavy atom. The van der Waals surface area contributed by atoms with E-state index in [9.17, 15) is 13.6 Å². The maximum absolute atomic E-state index is 14.8. The second kappa shape index (κ2) is 8.79. The number of carbonyl (C=O) groups is 1. The summed E-state index contributed by atoms with van der Waals surface area (Å²) in [5.74, 6) is -2.50. The number of pyridine rings is 1. The molecule has 0 bridgehead atoms. The Labute approximate surface area is 193 Å². The minimum Gasteiger partial charge on any atom is -0.470 e. The van der Waals surface area contributed by atoms with E-state index in [1.54, 1.807) is 12.3 Å². The standard InChI is InChI=1S/C24H21F2N5O3/c1-13-3-4-14(10-28-13)17-9-21-29-11-20(31(21)30-24(17)34-16-5-6-33-12-16)18-7-15(23(32)27-2)8-19(25)22(18)26/h3-4,7-11,16H,5-6,12H2,1-2H3,(H,27,32)/t16-/m0/s1. The summed E-state index contributed by atoms with van der Waals surface area (Å²) >= 11 is 0. The summed E-state index contributed by atoms with van der Waals surface area (Å²) < 4.78 is 42.1. The van der Waals surface area contributed by atoms with E-state index in [-0.39, 0.29) is 28.8 Å². The molecule has 1 saturated heterocycles. The summed E-state index contributed by atoms with van der Waals surface area (Å²) in [6.45, 7) is 2.90. The Kier molecular flexibility index (Phi) is 5.66. The summed E-state index contributed by atoms with van der Waals surface area (Å²) in [6, 6.07) is 7.66. The van der Waals surface area contributed by atoms with Gasteiger partial charge in [-0.25, -0.2) is 18.3 Å². The van der Waals surface area contributed by atoms with E-state index in [4.69, 9.17) is 9.47 Å². The summed E-state index contributed by atoms with van der Waals surface area (Å²) in [4.78, 5) is 20.8. The van der Waals surface area contributed by atoms with E-state index < -0.39 is 17.5 Å². The number of imidazole rings is 1. The minimum atomic E-state index is -1.15. The van der Waals surface area contributed by atoms with Crippen LogP contribution in [0.4, 0.5) is 8.78 Å². The number of aromatic nitrogens is 4. The van der Waals surface area contributed by atoms with Crippen molar-refractivity contribution in [2.45, 2.75) is 19.4 Å². The number of hydrogen-bond donors (Lipinski definition) is 1. The lowest BCUT2D eigenvalue weighted by molar-refractivity contribution is 0.0962. The number of amides is 1. The van der Waals surface area contributed by atoms with Gasteiger partial charge < -0.3 is 14.8 Å². The zero-order valence-electron chi connectivity index (χ0n) is 18.5. The molecule has 1 aliphatic heterocycles. The van der Waals surface area contributed by atoms with Crippen molar-refractivity contribution in [3.05, 3.63) is 65.6 Å². The molecule has 4 heterocycles. The van der Waals surface area contributed by atoms with Gasteiger partial charge in [0.2, 0.25) is 5.88 Å². The summed E-state index contributed by atoms with van der Waals surface area (Å²) in [5.41, 5.74) is 2.71. The molecule has 0 saturated carbocycles. The number of fused-ring (bicyclic) bond motifs is 1. The second-order valence-electron chi connectivity index (χ2n) is 7.97. The molecule has 0 unspecified atom stereocenters. The number of carbonyl (C=O) groups excluding carboxylic acids is 1. The maximum atomic E-state index is 14.8. The van der Waals surface area contributed by atoms with Crippen LogP contribution < -0.4 is 10.1 Å². The monoisotopic (exact) mass is 465 g/mol. The quantitative estimate of drug-likeness (QED) is 0.485. The molecule has 4 aromatic rings. The summed E-state index contributed by atoms with van der Waals surface area (Å²) in [7, 11) is 1.41. The first-order valence-corrected chi connectivity index (χ1v) is 10.7. The predicted molar refractivity (Wildman–Crippen MR) is 120 cm³/mol. The summed E-state index contributed by atoms with van der Waals surface area (Å²) in [5, 5.41) is 7.01. The van der Waals surface area contributed by atoms with E-state index in [0.29, 0.717) is 30.8 Å². The second-order valence-corrected chi connectivity index (χ2v) is 7.97. The number of halogens is 2. The first-order chi connectivity index (χ1) is 16.4. The van der Waals surface area contributed by atoms with Crippen LogP contribution >= 0.6 is 0 Å². The molecular weight excluding hydrogens is 444 g/mol. The van der Waals surface area contributed by atoms with Crippen LogP contribution in [0.5, 0.6) is 5.88 Å². The molecule has 8 nitrogen and oxygen atoms in total. The van der Waals surface area contributed by atoms with E-state index in [2.05, 4.69) is 20.4 Å². The molecule has 174 valence electrons. The maximum Gasteiger partial charge on any atom is 0.251 e. The Morgan fingerprint density at radius 1 is 1.18 bits per heavy atom. The molecule has 1 fully saturated rings. The van der Waals surface area contributed by atoms with Crippen molar-refractivity contribution in [1.29, 1.82) is 0 Å². The van der Waals surface area contributed by atoms with Crippen LogP contribution in [0.15, 0.2) is 42.7 Å². The largest absolute Gasteiger partial charge is 0.470 e. The first-order valence-electron chi connectivity index (χ1n) is 10.7. The number of hydrogen-bond acceptors (Lipinski definition) is 6. The molecule has 1 aromatic carbocycles. The number of nitrogens with zero attached hydrogens (tertiary/aromatic N) is 4. The molecule has 0 aliphatic carbocycles. The van der Waals surface area contributed by atoms with Crippen molar-refractivity contribution in [2.75, 3.05) is 20.3 Å². The normalized spacial score (nSPS) is 15.6. The third-order valence-electron chi connectivity index (χ3n) is 5.64. The lowest BCUT2D eigenvalue weighted by Gasteiger charge is -2.15. The van der Waals surface area contributed by atoms with Crippen LogP contribution in [0.3, 0.4) is 0 Å². The molecular formula is C24H21F2N5O3. The van der Waals surface area contributed by atoms with Gasteiger partial charge in [-0.3, -0.25) is 9.78 Å². The van der Waals surface area contributed by atoms with Crippen molar-refractivity contribution in [2.24, 2.45) is 0 Å². The van der Waals surface area contributed by atoms with E-state index in [1.807, 2.05) is 19.1 Å². The summed E-state index contributed by atoms with van der Waals surface area (Å²) in [6.07, 6.45) is 3.61. The van der Waals surface area contributed by atoms with Gasteiger partial charge in [0.05, 0.1) is 30.7 Å². The molecule has 0 radical (unpaired) electrons. The van der Waals surface area contributed by atoms with Crippen molar-refractivity contribution >= 4 is 11.6 Å². The predicted octanol–water partition coefficient (Wildman–Crippen LogP) is 3.57. The zero-order chi connectivity index (χ0) is 23.8. The molecule has 0 spiro atoms. The SMILES string of the molecule is CNC(=O)c1cc(F)c(F)c(-c2cnc3cc(-c4ccc(C)nc4)c(O[C@H]4CCOC4)nn23)c1. The molecule has 5 rings (SSSR count). The molecule has 1 N–H and O–H groups in total. The van der Waals surface area contributed by atoms with Crippen LogP contribution in [0.2, 0.25) is 0 Å². The lowest BCUT2D eigenvalue weighted by Crippen LogP contribution is -2.18. The van der Waals surface area contributed by atoms with Crippen LogP contribution in [0, 0.1) is 18.6 Å². The third-order valence-corrected chi connectivity index (χ3v) is 5.64. The van der Waals surface area contributed by atoms with Crippen molar-refractivity contribution < 1.29 is 23.0 Å². The van der Waals surface area contributed by atoms with Gasteiger partial charge >= 0.3 is 0 Å². The van der Waals surface area contributed by atoms with Gasteiger partial charge in [0.1, 0.15) is 6.10 Å². The van der Waals surface area contributed by atoms with Gasteiger partial charge in [0.25, 0.3) is 5.91 Å². The van der Waals surface area contributed by atoms with E-state index >= 15 is 0 Å². The molecule has 1 aliphatic rings. The van der Waals surface area contributed by atoms with Gasteiger partial charge in [-0.2, -0.15) is 0 Å². The highest BCUT2D eigenvalue weighted by Crippen LogP contribution is 2.33. The van der Waals surface area contributed by atoms with Crippen LogP contribution in [0.25, 0.3) is 28.0 Å². The van der Waals surface area contributed by atoms with Crippen LogP contribution in [-0.4, -0.2) is 51.9 Å². The fourth-order valence-electron chi connectivity index (χ4n) is 3.82. The number of rotatable bonds is 5. The Balaban J connectivity index is 1.68. The lowest BCUT2D eigenvalue weighted by atomic mass is 10.1. The molecule has 1 amide bonds. The minimum absolute atomic E-state index is 0.0201. The van der Waals surface area contributed by atoms with E-state index in [1.165, 1.54) is 23.8 Å². The van der Waals surface area contributed by atoms with Gasteiger partial charge in [0, 0.05) is 42.0 Å². The topological polar surface area (TPSA) is 90.6 Å². The Morgan fingerprint density at radius 3 is 2.74 bits per heavy atom. The third kappa shape index (κ3) is 3.96. The van der Waals surface area contributed by atoms with Gasteiger partial charge in [-0.1, -0.05) is 6.07 Å². The highest BCUT2D eigenvalue weighted by Gasteiger charge is 2.24. The average Bonchev–Trinajstić information content (AvgIpc) is 3.50. The highest BCUT2D eigenvalue weighted by molar-refractivity contribution is 5.95. The van der Waals surface area contributed by atoms with Crippen LogP contribution in [0.1, 0.15) is 22.5 Å². The highest BCUT2D eigenvalue weighted by atomic mass is 19.2. The van der Waals surface area contributed by atoms with Crippen molar-refractivity contribution in [3.63, 3.8) is 0 Å². The Bertz CT molecular complexity index is 1380. The molecule has 3 aromatic heterocycles. The molecule has 34 heavy (non-hydrogen) atoms. The molecule has 10 heteroatoms. The fraction of sp³-hybridized carbons (Fsp3) is 0.250. The molecule has 1 atom stereocenters. The number of benzene rings is 1. The number of ether oxygens (including phenoxy) is 2.